The number of benzene rings is 2. The van der Waals surface area contributed by atoms with Crippen LogP contribution in [0.3, 0.4) is 0 Å². The molecule has 2 aromatic carbocycles. The first-order chi connectivity index (χ1) is 13.7. The predicted octanol–water partition coefficient (Wildman–Crippen LogP) is 2.61. The van der Waals surface area contributed by atoms with E-state index in [1.165, 1.54) is 6.92 Å². The fourth-order valence-corrected chi connectivity index (χ4v) is 5.00. The molecule has 6 nitrogen and oxygen atoms in total. The van der Waals surface area contributed by atoms with Crippen molar-refractivity contribution in [1.29, 1.82) is 0 Å². The summed E-state index contributed by atoms with van der Waals surface area (Å²) in [5.41, 5.74) is 6.94. The number of rotatable bonds is 5. The van der Waals surface area contributed by atoms with Gasteiger partial charge in [-0.25, -0.2) is 0 Å². The molecule has 2 aromatic rings. The molecule has 3 N–H and O–H groups in total. The fourth-order valence-electron chi connectivity index (χ4n) is 5.00. The van der Waals surface area contributed by atoms with E-state index < -0.39 is 22.8 Å². The lowest BCUT2D eigenvalue weighted by molar-refractivity contribution is -0.127. The van der Waals surface area contributed by atoms with Gasteiger partial charge in [-0.05, 0) is 43.2 Å². The summed E-state index contributed by atoms with van der Waals surface area (Å²) in [5, 5.41) is 8.95. The fraction of sp³-hybridized carbons (Fsp3) is 0.391. The van der Waals surface area contributed by atoms with Crippen LogP contribution in [0.2, 0.25) is 0 Å². The number of para-hydroxylation sites is 1. The Balaban J connectivity index is 2.25. The summed E-state index contributed by atoms with van der Waals surface area (Å²) in [6, 6.07) is 15.1. The van der Waals surface area contributed by atoms with E-state index >= 15 is 0 Å². The number of nitrogens with zero attached hydrogens (tertiary/aromatic N) is 1. The Morgan fingerprint density at radius 2 is 1.72 bits per heavy atom. The lowest BCUT2D eigenvalue weighted by atomic mass is 9.57. The van der Waals surface area contributed by atoms with Crippen molar-refractivity contribution in [2.45, 2.75) is 38.6 Å². The average molecular weight is 396 g/mol. The number of amides is 2. The predicted molar refractivity (Wildman–Crippen MR) is 112 cm³/mol. The van der Waals surface area contributed by atoms with Gasteiger partial charge in [-0.1, -0.05) is 37.3 Å². The summed E-state index contributed by atoms with van der Waals surface area (Å²) in [4.78, 5) is 27.0. The van der Waals surface area contributed by atoms with Crippen LogP contribution in [0.15, 0.2) is 48.5 Å². The second-order valence-corrected chi connectivity index (χ2v) is 8.16. The lowest BCUT2D eigenvalue weighted by Gasteiger charge is -2.55. The standard InChI is InChI=1S/C23H28N2O4/c1-15(27)25-19-8-6-5-7-18(19)23(4,20(21(24)28)22(25,2)3)16-9-11-17(12-10-16)29-14-13-26/h5-12,20,26H,13-14H2,1-4H3,(H2,24,28). The molecule has 2 unspecified atom stereocenters. The van der Waals surface area contributed by atoms with E-state index in [1.807, 2.05) is 69.3 Å². The first kappa shape index (κ1) is 20.9. The van der Waals surface area contributed by atoms with Crippen molar-refractivity contribution >= 4 is 17.5 Å². The Kier molecular flexibility index (Phi) is 5.41. The van der Waals surface area contributed by atoms with Crippen LogP contribution < -0.4 is 15.4 Å². The highest BCUT2D eigenvalue weighted by Gasteiger charge is 2.57. The summed E-state index contributed by atoms with van der Waals surface area (Å²) < 4.78 is 5.47. The van der Waals surface area contributed by atoms with E-state index in [0.29, 0.717) is 5.75 Å². The molecule has 0 aromatic heterocycles. The molecular formula is C23H28N2O4. The van der Waals surface area contributed by atoms with E-state index in [-0.39, 0.29) is 19.1 Å². The van der Waals surface area contributed by atoms with Gasteiger partial charge in [0.25, 0.3) is 0 Å². The molecule has 0 saturated carbocycles. The summed E-state index contributed by atoms with van der Waals surface area (Å²) in [6.45, 7) is 7.43. The van der Waals surface area contributed by atoms with Crippen LogP contribution >= 0.6 is 0 Å². The van der Waals surface area contributed by atoms with Gasteiger partial charge in [-0.3, -0.25) is 9.59 Å². The normalized spacial score (nSPS) is 22.7. The lowest BCUT2D eigenvalue weighted by Crippen LogP contribution is -2.65. The number of carbonyl (C=O) groups is 2. The van der Waals surface area contributed by atoms with Crippen molar-refractivity contribution < 1.29 is 19.4 Å². The number of ether oxygens (including phenoxy) is 1. The molecule has 0 saturated heterocycles. The minimum Gasteiger partial charge on any atom is -0.491 e. The molecule has 2 atom stereocenters. The molecule has 1 heterocycles. The van der Waals surface area contributed by atoms with Crippen LogP contribution in [0.25, 0.3) is 0 Å². The SMILES string of the molecule is CC(=O)N1c2ccccc2C(C)(c2ccc(OCCO)cc2)C(C(N)=O)C1(C)C. The van der Waals surface area contributed by atoms with E-state index in [4.69, 9.17) is 15.6 Å². The monoisotopic (exact) mass is 396 g/mol. The molecule has 6 heteroatoms. The van der Waals surface area contributed by atoms with Gasteiger partial charge < -0.3 is 20.5 Å². The van der Waals surface area contributed by atoms with E-state index in [9.17, 15) is 9.59 Å². The van der Waals surface area contributed by atoms with Gasteiger partial charge in [0.1, 0.15) is 12.4 Å². The third kappa shape index (κ3) is 3.27. The zero-order chi connectivity index (χ0) is 21.4. The Labute approximate surface area is 171 Å². The Morgan fingerprint density at radius 1 is 1.10 bits per heavy atom. The molecule has 0 spiro atoms. The van der Waals surface area contributed by atoms with Crippen LogP contribution in [0.1, 0.15) is 38.8 Å². The van der Waals surface area contributed by atoms with Crippen LogP contribution in [0.5, 0.6) is 5.75 Å². The summed E-state index contributed by atoms with van der Waals surface area (Å²) >= 11 is 0. The van der Waals surface area contributed by atoms with Crippen molar-refractivity contribution in [2.24, 2.45) is 11.7 Å². The Morgan fingerprint density at radius 3 is 2.28 bits per heavy atom. The number of aliphatic hydroxyl groups is 1. The quantitative estimate of drug-likeness (QED) is 0.812. The van der Waals surface area contributed by atoms with Crippen LogP contribution in [-0.4, -0.2) is 35.7 Å². The maximum absolute atomic E-state index is 12.8. The highest BCUT2D eigenvalue weighted by Crippen LogP contribution is 2.54. The Hall–Kier alpha value is -2.86. The number of hydrogen-bond donors (Lipinski definition) is 2. The molecule has 0 aliphatic carbocycles. The van der Waals surface area contributed by atoms with Crippen LogP contribution in [0.4, 0.5) is 5.69 Å². The molecule has 154 valence electrons. The second kappa shape index (κ2) is 7.52. The maximum atomic E-state index is 12.8. The van der Waals surface area contributed by atoms with Gasteiger partial charge in [0.05, 0.1) is 18.1 Å². The summed E-state index contributed by atoms with van der Waals surface area (Å²) in [7, 11) is 0. The van der Waals surface area contributed by atoms with Crippen molar-refractivity contribution in [3.63, 3.8) is 0 Å². The zero-order valence-corrected chi connectivity index (χ0v) is 17.3. The van der Waals surface area contributed by atoms with Gasteiger partial charge in [0, 0.05) is 18.0 Å². The zero-order valence-electron chi connectivity index (χ0n) is 17.3. The maximum Gasteiger partial charge on any atom is 0.224 e. The number of hydrogen-bond acceptors (Lipinski definition) is 4. The smallest absolute Gasteiger partial charge is 0.224 e. The summed E-state index contributed by atoms with van der Waals surface area (Å²) in [6.07, 6.45) is 0. The minimum atomic E-state index is -0.827. The number of fused-ring (bicyclic) bond motifs is 1. The van der Waals surface area contributed by atoms with Gasteiger partial charge in [-0.2, -0.15) is 0 Å². The highest BCUT2D eigenvalue weighted by molar-refractivity contribution is 5.98. The first-order valence-corrected chi connectivity index (χ1v) is 9.69. The molecule has 0 radical (unpaired) electrons. The number of carbonyl (C=O) groups excluding carboxylic acids is 2. The molecule has 1 aliphatic heterocycles. The van der Waals surface area contributed by atoms with Crippen molar-refractivity contribution in [2.75, 3.05) is 18.1 Å². The van der Waals surface area contributed by atoms with Gasteiger partial charge in [0.2, 0.25) is 11.8 Å². The number of anilines is 1. The molecule has 3 rings (SSSR count). The van der Waals surface area contributed by atoms with Crippen molar-refractivity contribution in [3.8, 4) is 5.75 Å². The van der Waals surface area contributed by atoms with Crippen LogP contribution in [-0.2, 0) is 15.0 Å². The van der Waals surface area contributed by atoms with Crippen molar-refractivity contribution in [3.05, 3.63) is 59.7 Å². The molecule has 0 bridgehead atoms. The third-order valence-corrected chi connectivity index (χ3v) is 5.98. The minimum absolute atomic E-state index is 0.0638. The number of primary amides is 1. The topological polar surface area (TPSA) is 92.9 Å². The molecular weight excluding hydrogens is 368 g/mol. The van der Waals surface area contributed by atoms with Gasteiger partial charge >= 0.3 is 0 Å². The van der Waals surface area contributed by atoms with E-state index in [1.54, 1.807) is 4.90 Å². The first-order valence-electron chi connectivity index (χ1n) is 9.69. The van der Waals surface area contributed by atoms with Gasteiger partial charge in [-0.15, -0.1) is 0 Å². The largest absolute Gasteiger partial charge is 0.491 e. The average Bonchev–Trinajstić information content (AvgIpc) is 2.65. The molecule has 1 aliphatic rings. The van der Waals surface area contributed by atoms with Crippen LogP contribution in [0, 0.1) is 5.92 Å². The number of aliphatic hydroxyl groups excluding tert-OH is 1. The molecule has 29 heavy (non-hydrogen) atoms. The van der Waals surface area contributed by atoms with Crippen molar-refractivity contribution in [1.82, 2.24) is 0 Å². The van der Waals surface area contributed by atoms with Gasteiger partial charge in [0.15, 0.2) is 0 Å². The molecule has 2 amide bonds. The second-order valence-electron chi connectivity index (χ2n) is 8.16. The van der Waals surface area contributed by atoms with E-state index in [2.05, 4.69) is 0 Å². The van der Waals surface area contributed by atoms with E-state index in [0.717, 1.165) is 16.8 Å². The third-order valence-electron chi connectivity index (χ3n) is 5.98. The molecule has 0 fully saturated rings. The number of nitrogens with two attached hydrogens (primary N) is 1. The Bertz CT molecular complexity index is 923. The highest BCUT2D eigenvalue weighted by atomic mass is 16.5. The summed E-state index contributed by atoms with van der Waals surface area (Å²) in [5.74, 6) is -0.615.